The van der Waals surface area contributed by atoms with Gasteiger partial charge in [0.15, 0.2) is 0 Å². The Kier molecular flexibility index (Phi) is 5.60. The van der Waals surface area contributed by atoms with E-state index in [-0.39, 0.29) is 6.61 Å². The Labute approximate surface area is 176 Å². The van der Waals surface area contributed by atoms with Crippen molar-refractivity contribution in [1.82, 2.24) is 10.2 Å². The maximum Gasteiger partial charge on any atom is 0.338 e. The van der Waals surface area contributed by atoms with Crippen LogP contribution in [0.2, 0.25) is 10.0 Å². The number of hydrogen-bond acceptors (Lipinski definition) is 5. The van der Waals surface area contributed by atoms with Crippen molar-refractivity contribution in [1.29, 1.82) is 0 Å². The second kappa shape index (κ2) is 8.47. The van der Waals surface area contributed by atoms with Gasteiger partial charge in [-0.3, -0.25) is 0 Å². The highest BCUT2D eigenvalue weighted by Crippen LogP contribution is 2.25. The zero-order valence-corrected chi connectivity index (χ0v) is 16.5. The number of aromatic nitrogens is 2. The van der Waals surface area contributed by atoms with Gasteiger partial charge in [-0.1, -0.05) is 53.5 Å². The molecule has 144 valence electrons. The van der Waals surface area contributed by atoms with Crippen LogP contribution in [0.15, 0.2) is 77.2 Å². The van der Waals surface area contributed by atoms with Crippen LogP contribution < -0.4 is 0 Å². The molecule has 0 fully saturated rings. The standard InChI is InChI=1S/C22H14Cl2N2O3/c23-18-10-9-14(11-19(18)24)13-28-22(27)17-8-4-7-16(12-17)21-26-25-20(29-21)15-5-2-1-3-6-15/h1-12H,13H2. The lowest BCUT2D eigenvalue weighted by molar-refractivity contribution is 0.0473. The fourth-order valence-electron chi connectivity index (χ4n) is 2.68. The summed E-state index contributed by atoms with van der Waals surface area (Å²) in [5, 5.41) is 9.01. The number of benzene rings is 3. The smallest absolute Gasteiger partial charge is 0.338 e. The molecular weight excluding hydrogens is 411 g/mol. The van der Waals surface area contributed by atoms with Gasteiger partial charge in [0.25, 0.3) is 0 Å². The zero-order valence-electron chi connectivity index (χ0n) is 15.0. The number of ether oxygens (including phenoxy) is 1. The van der Waals surface area contributed by atoms with E-state index in [1.165, 1.54) is 0 Å². The van der Waals surface area contributed by atoms with Crippen molar-refractivity contribution in [3.8, 4) is 22.9 Å². The second-order valence-corrected chi connectivity index (χ2v) is 7.00. The Bertz CT molecular complexity index is 1160. The summed E-state index contributed by atoms with van der Waals surface area (Å²) in [6.07, 6.45) is 0. The summed E-state index contributed by atoms with van der Waals surface area (Å²) in [4.78, 5) is 12.4. The quantitative estimate of drug-likeness (QED) is 0.363. The maximum atomic E-state index is 12.4. The fourth-order valence-corrected chi connectivity index (χ4v) is 3.00. The predicted octanol–water partition coefficient (Wildman–Crippen LogP) is 6.07. The molecule has 29 heavy (non-hydrogen) atoms. The first kappa shape index (κ1) is 19.2. The molecule has 0 spiro atoms. The molecular formula is C22H14Cl2N2O3. The van der Waals surface area contributed by atoms with E-state index in [0.29, 0.717) is 33.0 Å². The minimum Gasteiger partial charge on any atom is -0.457 e. The van der Waals surface area contributed by atoms with Crippen molar-refractivity contribution in [3.05, 3.63) is 94.0 Å². The maximum absolute atomic E-state index is 12.4. The van der Waals surface area contributed by atoms with E-state index in [1.54, 1.807) is 42.5 Å². The molecule has 0 radical (unpaired) electrons. The Morgan fingerprint density at radius 3 is 2.31 bits per heavy atom. The van der Waals surface area contributed by atoms with Crippen LogP contribution >= 0.6 is 23.2 Å². The average Bonchev–Trinajstić information content (AvgIpc) is 3.25. The van der Waals surface area contributed by atoms with Gasteiger partial charge in [0, 0.05) is 11.1 Å². The third-order valence-electron chi connectivity index (χ3n) is 4.14. The van der Waals surface area contributed by atoms with Crippen molar-refractivity contribution in [2.45, 2.75) is 6.61 Å². The van der Waals surface area contributed by atoms with Crippen molar-refractivity contribution >= 4 is 29.2 Å². The monoisotopic (exact) mass is 424 g/mol. The summed E-state index contributed by atoms with van der Waals surface area (Å²) in [5.41, 5.74) is 2.57. The minimum atomic E-state index is -0.472. The first-order valence-corrected chi connectivity index (χ1v) is 9.46. The largest absolute Gasteiger partial charge is 0.457 e. The first-order valence-electron chi connectivity index (χ1n) is 8.70. The second-order valence-electron chi connectivity index (χ2n) is 6.18. The highest BCUT2D eigenvalue weighted by molar-refractivity contribution is 6.42. The van der Waals surface area contributed by atoms with Gasteiger partial charge in [0.05, 0.1) is 15.6 Å². The molecule has 4 rings (SSSR count). The number of esters is 1. The number of carbonyl (C=O) groups excluding carboxylic acids is 1. The molecule has 0 aliphatic carbocycles. The molecule has 4 aromatic rings. The van der Waals surface area contributed by atoms with E-state index in [0.717, 1.165) is 11.1 Å². The highest BCUT2D eigenvalue weighted by atomic mass is 35.5. The molecule has 0 saturated heterocycles. The van der Waals surface area contributed by atoms with Gasteiger partial charge < -0.3 is 9.15 Å². The van der Waals surface area contributed by atoms with Gasteiger partial charge in [-0.05, 0) is 48.0 Å². The summed E-state index contributed by atoms with van der Waals surface area (Å²) in [7, 11) is 0. The van der Waals surface area contributed by atoms with Crippen LogP contribution in [0.5, 0.6) is 0 Å². The Morgan fingerprint density at radius 2 is 1.55 bits per heavy atom. The van der Waals surface area contributed by atoms with E-state index >= 15 is 0 Å². The average molecular weight is 425 g/mol. The number of nitrogens with zero attached hydrogens (tertiary/aromatic N) is 2. The van der Waals surface area contributed by atoms with Gasteiger partial charge >= 0.3 is 5.97 Å². The van der Waals surface area contributed by atoms with Crippen molar-refractivity contribution < 1.29 is 13.9 Å². The van der Waals surface area contributed by atoms with E-state index < -0.39 is 5.97 Å². The van der Waals surface area contributed by atoms with Gasteiger partial charge in [0.2, 0.25) is 11.8 Å². The molecule has 0 atom stereocenters. The molecule has 1 aromatic heterocycles. The van der Waals surface area contributed by atoms with Crippen LogP contribution in [0.4, 0.5) is 0 Å². The number of rotatable bonds is 5. The molecule has 0 saturated carbocycles. The fraction of sp³-hybridized carbons (Fsp3) is 0.0455. The Hall–Kier alpha value is -3.15. The third-order valence-corrected chi connectivity index (χ3v) is 4.88. The Morgan fingerprint density at radius 1 is 0.828 bits per heavy atom. The molecule has 7 heteroatoms. The van der Waals surface area contributed by atoms with Crippen LogP contribution in [0.1, 0.15) is 15.9 Å². The summed E-state index contributed by atoms with van der Waals surface area (Å²) in [5.74, 6) is 0.261. The zero-order chi connectivity index (χ0) is 20.2. The van der Waals surface area contributed by atoms with Crippen LogP contribution in [-0.2, 0) is 11.3 Å². The molecule has 1 heterocycles. The van der Waals surface area contributed by atoms with Gasteiger partial charge in [-0.15, -0.1) is 10.2 Å². The summed E-state index contributed by atoms with van der Waals surface area (Å²) in [6, 6.07) is 21.4. The van der Waals surface area contributed by atoms with Gasteiger partial charge in [-0.2, -0.15) is 0 Å². The third kappa shape index (κ3) is 4.47. The molecule has 0 aliphatic heterocycles. The lowest BCUT2D eigenvalue weighted by Gasteiger charge is -2.06. The van der Waals surface area contributed by atoms with Crippen molar-refractivity contribution in [3.63, 3.8) is 0 Å². The normalized spacial score (nSPS) is 10.7. The lowest BCUT2D eigenvalue weighted by atomic mass is 10.1. The van der Waals surface area contributed by atoms with Gasteiger partial charge in [-0.25, -0.2) is 4.79 Å². The Balaban J connectivity index is 1.49. The van der Waals surface area contributed by atoms with E-state index in [9.17, 15) is 4.79 Å². The van der Waals surface area contributed by atoms with E-state index in [4.69, 9.17) is 32.4 Å². The number of halogens is 2. The first-order chi connectivity index (χ1) is 14.1. The van der Waals surface area contributed by atoms with Crippen LogP contribution in [0.25, 0.3) is 22.9 Å². The molecule has 3 aromatic carbocycles. The molecule has 0 amide bonds. The molecule has 5 nitrogen and oxygen atoms in total. The molecule has 0 unspecified atom stereocenters. The molecule has 0 N–H and O–H groups in total. The molecule has 0 bridgehead atoms. The van der Waals surface area contributed by atoms with E-state index in [1.807, 2.05) is 30.3 Å². The number of carbonyl (C=O) groups is 1. The predicted molar refractivity (Wildman–Crippen MR) is 111 cm³/mol. The molecule has 0 aliphatic rings. The minimum absolute atomic E-state index is 0.0820. The SMILES string of the molecule is O=C(OCc1ccc(Cl)c(Cl)c1)c1cccc(-c2nnc(-c3ccccc3)o2)c1. The van der Waals surface area contributed by atoms with Crippen LogP contribution in [-0.4, -0.2) is 16.2 Å². The summed E-state index contributed by atoms with van der Waals surface area (Å²) in [6.45, 7) is 0.0820. The van der Waals surface area contributed by atoms with E-state index in [2.05, 4.69) is 10.2 Å². The van der Waals surface area contributed by atoms with Crippen molar-refractivity contribution in [2.24, 2.45) is 0 Å². The summed E-state index contributed by atoms with van der Waals surface area (Å²) < 4.78 is 11.1. The van der Waals surface area contributed by atoms with Crippen LogP contribution in [0, 0.1) is 0 Å². The van der Waals surface area contributed by atoms with Gasteiger partial charge in [0.1, 0.15) is 6.61 Å². The number of hydrogen-bond donors (Lipinski definition) is 0. The van der Waals surface area contributed by atoms with Crippen LogP contribution in [0.3, 0.4) is 0 Å². The highest BCUT2D eigenvalue weighted by Gasteiger charge is 2.14. The van der Waals surface area contributed by atoms with Crippen molar-refractivity contribution in [2.75, 3.05) is 0 Å². The lowest BCUT2D eigenvalue weighted by Crippen LogP contribution is -2.05. The topological polar surface area (TPSA) is 65.2 Å². The summed E-state index contributed by atoms with van der Waals surface area (Å²) >= 11 is 11.9.